The fourth-order valence-corrected chi connectivity index (χ4v) is 3.70. The van der Waals surface area contributed by atoms with Crippen LogP contribution in [0.15, 0.2) is 48.5 Å². The molecule has 5 nitrogen and oxygen atoms in total. The molecule has 150 valence electrons. The SMILES string of the molecule is Cc1cccc(C)c1NC(=O)CCC(=O)OC(=O)c1cc2c3c(cccc3c1)C=C2. The summed E-state index contributed by atoms with van der Waals surface area (Å²) < 4.78 is 4.97. The van der Waals surface area contributed by atoms with Crippen LogP contribution in [0.5, 0.6) is 0 Å². The second-order valence-electron chi connectivity index (χ2n) is 7.42. The van der Waals surface area contributed by atoms with Gasteiger partial charge in [-0.15, -0.1) is 0 Å². The van der Waals surface area contributed by atoms with E-state index < -0.39 is 11.9 Å². The molecule has 4 rings (SSSR count). The Kier molecular flexibility index (Phi) is 5.19. The van der Waals surface area contributed by atoms with Gasteiger partial charge >= 0.3 is 11.9 Å². The molecule has 30 heavy (non-hydrogen) atoms. The lowest BCUT2D eigenvalue weighted by Crippen LogP contribution is -2.18. The summed E-state index contributed by atoms with van der Waals surface area (Å²) in [6.45, 7) is 3.81. The molecule has 0 saturated carbocycles. The monoisotopic (exact) mass is 399 g/mol. The minimum Gasteiger partial charge on any atom is -0.389 e. The zero-order valence-electron chi connectivity index (χ0n) is 16.8. The van der Waals surface area contributed by atoms with Crippen LogP contribution in [0.4, 0.5) is 5.69 Å². The van der Waals surface area contributed by atoms with Crippen molar-refractivity contribution >= 4 is 46.5 Å². The maximum absolute atomic E-state index is 12.4. The summed E-state index contributed by atoms with van der Waals surface area (Å²) in [6.07, 6.45) is 3.70. The molecule has 0 unspecified atom stereocenters. The minimum absolute atomic E-state index is 0.0606. The predicted molar refractivity (Wildman–Crippen MR) is 117 cm³/mol. The highest BCUT2D eigenvalue weighted by molar-refractivity contribution is 6.09. The van der Waals surface area contributed by atoms with Crippen molar-refractivity contribution in [3.05, 3.63) is 76.3 Å². The maximum atomic E-state index is 12.4. The molecule has 0 fully saturated rings. The fraction of sp³-hybridized carbons (Fsp3) is 0.160. The van der Waals surface area contributed by atoms with Crippen LogP contribution >= 0.6 is 0 Å². The van der Waals surface area contributed by atoms with Gasteiger partial charge in [-0.2, -0.15) is 0 Å². The second-order valence-corrected chi connectivity index (χ2v) is 7.42. The van der Waals surface area contributed by atoms with Gasteiger partial charge in [-0.05, 0) is 59.0 Å². The number of carbonyl (C=O) groups excluding carboxylic acids is 3. The Bertz CT molecular complexity index is 1200. The van der Waals surface area contributed by atoms with Gasteiger partial charge in [0.2, 0.25) is 5.91 Å². The van der Waals surface area contributed by atoms with Crippen molar-refractivity contribution in [2.75, 3.05) is 5.32 Å². The lowest BCUT2D eigenvalue weighted by molar-refractivity contribution is -0.139. The van der Waals surface area contributed by atoms with Gasteiger partial charge in [-0.25, -0.2) is 4.79 Å². The van der Waals surface area contributed by atoms with Crippen molar-refractivity contribution in [2.24, 2.45) is 0 Å². The number of ether oxygens (including phenoxy) is 1. The quantitative estimate of drug-likeness (QED) is 0.377. The number of rotatable bonds is 5. The number of aryl methyl sites for hydroxylation is 2. The van der Waals surface area contributed by atoms with E-state index in [-0.39, 0.29) is 18.7 Å². The molecule has 3 aromatic carbocycles. The Morgan fingerprint density at radius 2 is 1.57 bits per heavy atom. The van der Waals surface area contributed by atoms with Gasteiger partial charge < -0.3 is 10.1 Å². The number of anilines is 1. The van der Waals surface area contributed by atoms with Crippen molar-refractivity contribution in [3.8, 4) is 0 Å². The molecule has 0 aromatic heterocycles. The topological polar surface area (TPSA) is 72.5 Å². The summed E-state index contributed by atoms with van der Waals surface area (Å²) in [5.41, 5.74) is 4.98. The van der Waals surface area contributed by atoms with Crippen LogP contribution in [0, 0.1) is 13.8 Å². The summed E-state index contributed by atoms with van der Waals surface area (Å²) in [5, 5.41) is 4.83. The smallest absolute Gasteiger partial charge is 0.345 e. The van der Waals surface area contributed by atoms with Gasteiger partial charge in [0, 0.05) is 12.1 Å². The van der Waals surface area contributed by atoms with Crippen LogP contribution in [0.2, 0.25) is 0 Å². The van der Waals surface area contributed by atoms with Crippen LogP contribution in [0.1, 0.15) is 45.5 Å². The first kappa shape index (κ1) is 19.6. The standard InChI is InChI=1S/C25H21NO4/c1-15-5-3-6-16(2)24(15)26-21(27)11-12-22(28)30-25(29)20-13-18-8-4-7-17-9-10-19(14-20)23(17)18/h3-10,13-14H,11-12H2,1-2H3,(H,26,27). The van der Waals surface area contributed by atoms with Gasteiger partial charge in [0.15, 0.2) is 0 Å². The lowest BCUT2D eigenvalue weighted by Gasteiger charge is -2.11. The van der Waals surface area contributed by atoms with E-state index in [9.17, 15) is 14.4 Å². The molecule has 0 spiro atoms. The molecule has 0 saturated heterocycles. The first-order chi connectivity index (χ1) is 14.4. The minimum atomic E-state index is -0.725. The number of para-hydroxylation sites is 1. The summed E-state index contributed by atoms with van der Waals surface area (Å²) in [5.74, 6) is -1.73. The van der Waals surface area contributed by atoms with E-state index in [4.69, 9.17) is 4.74 Å². The summed E-state index contributed by atoms with van der Waals surface area (Å²) in [4.78, 5) is 36.8. The lowest BCUT2D eigenvalue weighted by atomic mass is 10.0. The van der Waals surface area contributed by atoms with Gasteiger partial charge in [0.05, 0.1) is 12.0 Å². The average Bonchev–Trinajstić information content (AvgIpc) is 3.14. The third-order valence-corrected chi connectivity index (χ3v) is 5.23. The van der Waals surface area contributed by atoms with E-state index in [0.717, 1.165) is 38.7 Å². The average molecular weight is 399 g/mol. The highest BCUT2D eigenvalue weighted by Crippen LogP contribution is 2.32. The van der Waals surface area contributed by atoms with Crippen LogP contribution in [-0.4, -0.2) is 17.8 Å². The van der Waals surface area contributed by atoms with E-state index in [2.05, 4.69) is 5.32 Å². The third kappa shape index (κ3) is 3.87. The largest absolute Gasteiger partial charge is 0.389 e. The first-order valence-electron chi connectivity index (χ1n) is 9.78. The molecular formula is C25H21NO4. The molecule has 1 amide bonds. The Hall–Kier alpha value is -3.73. The Morgan fingerprint density at radius 1 is 0.867 bits per heavy atom. The molecule has 1 N–H and O–H groups in total. The van der Waals surface area contributed by atoms with Crippen molar-refractivity contribution in [3.63, 3.8) is 0 Å². The molecular weight excluding hydrogens is 378 g/mol. The van der Waals surface area contributed by atoms with E-state index in [1.165, 1.54) is 0 Å². The molecule has 3 aromatic rings. The number of hydrogen-bond acceptors (Lipinski definition) is 4. The van der Waals surface area contributed by atoms with Crippen molar-refractivity contribution in [1.82, 2.24) is 0 Å². The molecule has 0 aliphatic heterocycles. The predicted octanol–water partition coefficient (Wildman–Crippen LogP) is 5.04. The van der Waals surface area contributed by atoms with Crippen molar-refractivity contribution in [1.29, 1.82) is 0 Å². The molecule has 1 aliphatic rings. The molecule has 0 radical (unpaired) electrons. The van der Waals surface area contributed by atoms with E-state index in [1.54, 1.807) is 12.1 Å². The Morgan fingerprint density at radius 3 is 2.33 bits per heavy atom. The summed E-state index contributed by atoms with van der Waals surface area (Å²) in [7, 11) is 0. The Balaban J connectivity index is 1.37. The van der Waals surface area contributed by atoms with E-state index >= 15 is 0 Å². The normalized spacial score (nSPS) is 11.5. The zero-order chi connectivity index (χ0) is 21.3. The highest BCUT2D eigenvalue weighted by atomic mass is 16.6. The first-order valence-corrected chi connectivity index (χ1v) is 9.78. The molecule has 0 heterocycles. The summed E-state index contributed by atoms with van der Waals surface area (Å²) >= 11 is 0. The maximum Gasteiger partial charge on any atom is 0.345 e. The molecule has 0 bridgehead atoms. The molecule has 0 atom stereocenters. The number of hydrogen-bond donors (Lipinski definition) is 1. The molecule has 5 heteroatoms. The highest BCUT2D eigenvalue weighted by Gasteiger charge is 2.18. The van der Waals surface area contributed by atoms with E-state index in [0.29, 0.717) is 5.56 Å². The van der Waals surface area contributed by atoms with Gasteiger partial charge in [0.1, 0.15) is 0 Å². The van der Waals surface area contributed by atoms with Crippen molar-refractivity contribution < 1.29 is 19.1 Å². The van der Waals surface area contributed by atoms with Crippen LogP contribution in [-0.2, 0) is 14.3 Å². The van der Waals surface area contributed by atoms with Crippen molar-refractivity contribution in [2.45, 2.75) is 26.7 Å². The number of esters is 2. The van der Waals surface area contributed by atoms with Gasteiger partial charge in [-0.1, -0.05) is 48.6 Å². The zero-order valence-corrected chi connectivity index (χ0v) is 16.8. The third-order valence-electron chi connectivity index (χ3n) is 5.23. The van der Waals surface area contributed by atoms with Crippen LogP contribution in [0.3, 0.4) is 0 Å². The number of amides is 1. The Labute approximate surface area is 174 Å². The van der Waals surface area contributed by atoms with E-state index in [1.807, 2.05) is 62.4 Å². The van der Waals surface area contributed by atoms with Crippen LogP contribution < -0.4 is 5.32 Å². The second kappa shape index (κ2) is 7.95. The number of carbonyl (C=O) groups is 3. The van der Waals surface area contributed by atoms with Gasteiger partial charge in [0.25, 0.3) is 0 Å². The molecule has 1 aliphatic carbocycles. The van der Waals surface area contributed by atoms with Gasteiger partial charge in [-0.3, -0.25) is 9.59 Å². The number of nitrogens with one attached hydrogen (secondary N) is 1. The fourth-order valence-electron chi connectivity index (χ4n) is 3.70. The number of benzene rings is 3. The van der Waals surface area contributed by atoms with Crippen LogP contribution in [0.25, 0.3) is 22.9 Å². The summed E-state index contributed by atoms with van der Waals surface area (Å²) in [6, 6.07) is 15.0.